The third kappa shape index (κ3) is 2.87. The fraction of sp³-hybridized carbons (Fsp3) is 0.143. The third-order valence-electron chi connectivity index (χ3n) is 1.34. The van der Waals surface area contributed by atoms with Crippen LogP contribution in [0.4, 0.5) is 0 Å². The first-order valence-electron chi connectivity index (χ1n) is 3.15. The maximum absolute atomic E-state index is 9.24. The molecule has 0 saturated heterocycles. The number of halogens is 2. The van der Waals surface area contributed by atoms with Crippen LogP contribution in [0.3, 0.4) is 0 Å². The third-order valence-corrected chi connectivity index (χ3v) is 1.57. The van der Waals surface area contributed by atoms with Crippen molar-refractivity contribution in [3.05, 3.63) is 28.8 Å². The molecule has 12 heavy (non-hydrogen) atoms. The van der Waals surface area contributed by atoms with E-state index < -0.39 is 0 Å². The quantitative estimate of drug-likeness (QED) is 0.510. The molecule has 0 aliphatic carbocycles. The van der Waals surface area contributed by atoms with Gasteiger partial charge in [-0.1, -0.05) is 17.7 Å². The number of hydrogen-bond donors (Lipinski definition) is 3. The Kier molecular flexibility index (Phi) is 5.01. The van der Waals surface area contributed by atoms with E-state index in [-0.39, 0.29) is 18.2 Å². The molecule has 1 aromatic carbocycles. The number of hydrogen-bond acceptors (Lipinski definition) is 3. The molecule has 4 N–H and O–H groups in total. The van der Waals surface area contributed by atoms with Gasteiger partial charge in [-0.3, -0.25) is 11.3 Å². The van der Waals surface area contributed by atoms with E-state index in [1.165, 1.54) is 6.07 Å². The first kappa shape index (κ1) is 11.5. The number of benzene rings is 1. The molecule has 0 aliphatic rings. The summed E-state index contributed by atoms with van der Waals surface area (Å²) in [6.45, 7) is 0.434. The Bertz CT molecular complexity index is 255. The summed E-state index contributed by atoms with van der Waals surface area (Å²) in [5.41, 5.74) is 3.17. The smallest absolute Gasteiger partial charge is 0.121 e. The van der Waals surface area contributed by atoms with Gasteiger partial charge < -0.3 is 5.11 Å². The lowest BCUT2D eigenvalue weighted by atomic mass is 10.2. The zero-order valence-corrected chi connectivity index (χ0v) is 7.82. The number of hydrazine groups is 1. The van der Waals surface area contributed by atoms with Gasteiger partial charge in [0.15, 0.2) is 0 Å². The van der Waals surface area contributed by atoms with Crippen molar-refractivity contribution in [3.8, 4) is 5.75 Å². The molecular formula is C7H10Cl2N2O. The highest BCUT2D eigenvalue weighted by Gasteiger charge is 1.99. The highest BCUT2D eigenvalue weighted by molar-refractivity contribution is 6.30. The average molecular weight is 209 g/mol. The normalized spacial score (nSPS) is 9.17. The molecule has 0 heterocycles. The molecule has 0 bridgehead atoms. The second kappa shape index (κ2) is 5.22. The van der Waals surface area contributed by atoms with Gasteiger partial charge >= 0.3 is 0 Å². The van der Waals surface area contributed by atoms with E-state index in [0.29, 0.717) is 11.6 Å². The predicted octanol–water partition coefficient (Wildman–Crippen LogP) is 1.43. The van der Waals surface area contributed by atoms with Crippen molar-refractivity contribution < 1.29 is 5.11 Å². The molecule has 5 heteroatoms. The standard InChI is InChI=1S/C7H9ClN2O.ClH/c8-6-2-1-5(4-10-9)7(11)3-6;/h1-3,10-11H,4,9H2;1H. The lowest BCUT2D eigenvalue weighted by Gasteiger charge is -2.02. The molecular weight excluding hydrogens is 199 g/mol. The Morgan fingerprint density at radius 2 is 2.17 bits per heavy atom. The molecule has 1 rings (SSSR count). The number of nitrogens with one attached hydrogen (secondary N) is 1. The molecule has 0 saturated carbocycles. The van der Waals surface area contributed by atoms with Crippen LogP contribution in [0, 0.1) is 0 Å². The van der Waals surface area contributed by atoms with Crippen LogP contribution >= 0.6 is 24.0 Å². The lowest BCUT2D eigenvalue weighted by Crippen LogP contribution is -2.20. The fourth-order valence-corrected chi connectivity index (χ4v) is 0.963. The van der Waals surface area contributed by atoms with Crippen LogP contribution in [0.5, 0.6) is 5.75 Å². The maximum Gasteiger partial charge on any atom is 0.121 e. The van der Waals surface area contributed by atoms with Gasteiger partial charge in [-0.05, 0) is 12.1 Å². The van der Waals surface area contributed by atoms with Crippen molar-refractivity contribution in [2.75, 3.05) is 0 Å². The summed E-state index contributed by atoms with van der Waals surface area (Å²) in [7, 11) is 0. The molecule has 0 amide bonds. The number of rotatable bonds is 2. The first-order chi connectivity index (χ1) is 5.24. The van der Waals surface area contributed by atoms with Crippen LogP contribution in [0.2, 0.25) is 5.02 Å². The summed E-state index contributed by atoms with van der Waals surface area (Å²) >= 11 is 5.61. The second-order valence-corrected chi connectivity index (χ2v) is 2.59. The molecule has 0 unspecified atom stereocenters. The molecule has 0 aliphatic heterocycles. The molecule has 68 valence electrons. The van der Waals surface area contributed by atoms with Crippen LogP contribution < -0.4 is 11.3 Å². The average Bonchev–Trinajstić information content (AvgIpc) is 1.95. The minimum atomic E-state index is 0. The SMILES string of the molecule is Cl.NNCc1ccc(Cl)cc1O. The van der Waals surface area contributed by atoms with E-state index in [2.05, 4.69) is 5.43 Å². The van der Waals surface area contributed by atoms with Crippen LogP contribution in [0.15, 0.2) is 18.2 Å². The maximum atomic E-state index is 9.24. The molecule has 0 aromatic heterocycles. The van der Waals surface area contributed by atoms with Gasteiger partial charge in [0.2, 0.25) is 0 Å². The van der Waals surface area contributed by atoms with E-state index >= 15 is 0 Å². The van der Waals surface area contributed by atoms with Gasteiger partial charge in [0.1, 0.15) is 5.75 Å². The Labute approximate surface area is 81.9 Å². The summed E-state index contributed by atoms with van der Waals surface area (Å²) in [5, 5.41) is 9.76. The highest BCUT2D eigenvalue weighted by Crippen LogP contribution is 2.21. The minimum absolute atomic E-state index is 0. The van der Waals surface area contributed by atoms with Gasteiger partial charge in [-0.15, -0.1) is 12.4 Å². The van der Waals surface area contributed by atoms with Crippen molar-refractivity contribution in [3.63, 3.8) is 0 Å². The highest BCUT2D eigenvalue weighted by atomic mass is 35.5. The zero-order valence-electron chi connectivity index (χ0n) is 6.25. The Hall–Kier alpha value is -0.480. The van der Waals surface area contributed by atoms with Crippen LogP contribution in [0.25, 0.3) is 0 Å². The molecule has 0 spiro atoms. The summed E-state index contributed by atoms with van der Waals surface area (Å²) in [5.74, 6) is 5.24. The van der Waals surface area contributed by atoms with Gasteiger partial charge in [0.05, 0.1) is 0 Å². The van der Waals surface area contributed by atoms with Crippen molar-refractivity contribution in [1.82, 2.24) is 5.43 Å². The number of phenols is 1. The van der Waals surface area contributed by atoms with E-state index in [4.69, 9.17) is 17.4 Å². The summed E-state index contributed by atoms with van der Waals surface area (Å²) in [4.78, 5) is 0. The van der Waals surface area contributed by atoms with Gasteiger partial charge in [-0.25, -0.2) is 0 Å². The Morgan fingerprint density at radius 3 is 2.67 bits per heavy atom. The predicted molar refractivity (Wildman–Crippen MR) is 51.4 cm³/mol. The molecule has 0 fully saturated rings. The van der Waals surface area contributed by atoms with Crippen LogP contribution in [-0.2, 0) is 6.54 Å². The largest absolute Gasteiger partial charge is 0.508 e. The van der Waals surface area contributed by atoms with E-state index in [0.717, 1.165) is 5.56 Å². The number of phenolic OH excluding ortho intramolecular Hbond substituents is 1. The van der Waals surface area contributed by atoms with Crippen molar-refractivity contribution in [2.24, 2.45) is 5.84 Å². The Morgan fingerprint density at radius 1 is 1.50 bits per heavy atom. The van der Waals surface area contributed by atoms with Gasteiger partial charge in [-0.2, -0.15) is 0 Å². The molecule has 3 nitrogen and oxygen atoms in total. The minimum Gasteiger partial charge on any atom is -0.508 e. The van der Waals surface area contributed by atoms with E-state index in [9.17, 15) is 5.11 Å². The number of nitrogens with two attached hydrogens (primary N) is 1. The molecule has 1 aromatic rings. The Balaban J connectivity index is 0.00000121. The van der Waals surface area contributed by atoms with Gasteiger partial charge in [0.25, 0.3) is 0 Å². The van der Waals surface area contributed by atoms with Crippen molar-refractivity contribution >= 4 is 24.0 Å². The lowest BCUT2D eigenvalue weighted by molar-refractivity contribution is 0.465. The van der Waals surface area contributed by atoms with Crippen molar-refractivity contribution in [2.45, 2.75) is 6.54 Å². The first-order valence-corrected chi connectivity index (χ1v) is 3.52. The zero-order chi connectivity index (χ0) is 8.27. The van der Waals surface area contributed by atoms with E-state index in [1.807, 2.05) is 0 Å². The summed E-state index contributed by atoms with van der Waals surface area (Å²) < 4.78 is 0. The monoisotopic (exact) mass is 208 g/mol. The van der Waals surface area contributed by atoms with Crippen LogP contribution in [-0.4, -0.2) is 5.11 Å². The summed E-state index contributed by atoms with van der Waals surface area (Å²) in [6, 6.07) is 4.90. The summed E-state index contributed by atoms with van der Waals surface area (Å²) in [6.07, 6.45) is 0. The van der Waals surface area contributed by atoms with Gasteiger partial charge in [0, 0.05) is 17.1 Å². The fourth-order valence-electron chi connectivity index (χ4n) is 0.796. The van der Waals surface area contributed by atoms with Crippen LogP contribution in [0.1, 0.15) is 5.56 Å². The van der Waals surface area contributed by atoms with E-state index in [1.54, 1.807) is 12.1 Å². The topological polar surface area (TPSA) is 58.3 Å². The molecule has 0 radical (unpaired) electrons. The second-order valence-electron chi connectivity index (χ2n) is 2.15. The van der Waals surface area contributed by atoms with Crippen molar-refractivity contribution in [1.29, 1.82) is 0 Å². The molecule has 0 atom stereocenters. The number of aromatic hydroxyl groups is 1.